The van der Waals surface area contributed by atoms with E-state index in [1.165, 1.54) is 12.4 Å². The fourth-order valence-electron chi connectivity index (χ4n) is 3.09. The van der Waals surface area contributed by atoms with Gasteiger partial charge in [0.15, 0.2) is 0 Å². The lowest BCUT2D eigenvalue weighted by Crippen LogP contribution is -2.41. The molecule has 0 bridgehead atoms. The first-order valence-corrected chi connectivity index (χ1v) is 9.33. The standard InChI is InChI=1S/C18H23ClN6O2/c1-11(2)25-7-5-12(6-8-25)17(26)23-16-14(10-21-24-16)18(27)22-15-4-3-13(19)9-20-15/h3-4,9-12H,5-8H2,1-2H3,(H,20,22,27)(H2,21,23,24,26). The molecule has 0 unspecified atom stereocenters. The molecule has 0 aromatic carbocycles. The number of piperidine rings is 1. The number of hydrogen-bond acceptors (Lipinski definition) is 5. The first-order chi connectivity index (χ1) is 12.9. The highest BCUT2D eigenvalue weighted by Gasteiger charge is 2.27. The molecule has 2 amide bonds. The molecule has 1 saturated heterocycles. The van der Waals surface area contributed by atoms with Gasteiger partial charge in [0.25, 0.3) is 5.91 Å². The van der Waals surface area contributed by atoms with Gasteiger partial charge < -0.3 is 15.5 Å². The molecule has 0 atom stereocenters. The Morgan fingerprint density at radius 3 is 2.59 bits per heavy atom. The van der Waals surface area contributed by atoms with E-state index in [4.69, 9.17) is 11.6 Å². The maximum Gasteiger partial charge on any atom is 0.262 e. The Kier molecular flexibility index (Phi) is 6.08. The van der Waals surface area contributed by atoms with E-state index in [1.807, 2.05) is 0 Å². The van der Waals surface area contributed by atoms with Crippen molar-refractivity contribution in [3.63, 3.8) is 0 Å². The summed E-state index contributed by atoms with van der Waals surface area (Å²) in [5, 5.41) is 12.5. The second kappa shape index (κ2) is 8.49. The van der Waals surface area contributed by atoms with Gasteiger partial charge >= 0.3 is 0 Å². The largest absolute Gasteiger partial charge is 0.310 e. The molecule has 0 aliphatic carbocycles. The van der Waals surface area contributed by atoms with Crippen LogP contribution < -0.4 is 10.6 Å². The van der Waals surface area contributed by atoms with Gasteiger partial charge in [-0.2, -0.15) is 5.10 Å². The molecule has 3 rings (SSSR count). The monoisotopic (exact) mass is 390 g/mol. The fraction of sp³-hybridized carbons (Fsp3) is 0.444. The predicted molar refractivity (Wildman–Crippen MR) is 104 cm³/mol. The minimum absolute atomic E-state index is 0.0721. The minimum Gasteiger partial charge on any atom is -0.310 e. The van der Waals surface area contributed by atoms with Crippen LogP contribution in [-0.2, 0) is 4.79 Å². The average molecular weight is 391 g/mol. The summed E-state index contributed by atoms with van der Waals surface area (Å²) < 4.78 is 0. The summed E-state index contributed by atoms with van der Waals surface area (Å²) >= 11 is 5.79. The summed E-state index contributed by atoms with van der Waals surface area (Å²) in [6.07, 6.45) is 4.42. The van der Waals surface area contributed by atoms with Crippen molar-refractivity contribution >= 4 is 35.1 Å². The zero-order chi connectivity index (χ0) is 19.4. The Hall–Kier alpha value is -2.45. The average Bonchev–Trinajstić information content (AvgIpc) is 3.12. The smallest absolute Gasteiger partial charge is 0.262 e. The number of rotatable bonds is 5. The van der Waals surface area contributed by atoms with E-state index in [1.54, 1.807) is 12.1 Å². The lowest BCUT2D eigenvalue weighted by atomic mass is 9.95. The van der Waals surface area contributed by atoms with Gasteiger partial charge in [0.1, 0.15) is 17.2 Å². The van der Waals surface area contributed by atoms with Crippen LogP contribution in [0.4, 0.5) is 11.6 Å². The Balaban J connectivity index is 1.60. The Labute approximate surface area is 162 Å². The Bertz CT molecular complexity index is 796. The van der Waals surface area contributed by atoms with Gasteiger partial charge in [0.05, 0.1) is 11.2 Å². The number of amides is 2. The highest BCUT2D eigenvalue weighted by Crippen LogP contribution is 2.22. The highest BCUT2D eigenvalue weighted by molar-refractivity contribution is 6.30. The molecule has 1 fully saturated rings. The van der Waals surface area contributed by atoms with Crippen molar-refractivity contribution in [2.45, 2.75) is 32.7 Å². The molecular formula is C18H23ClN6O2. The normalized spacial score (nSPS) is 15.7. The zero-order valence-electron chi connectivity index (χ0n) is 15.3. The molecule has 9 heteroatoms. The SMILES string of the molecule is CC(C)N1CCC(C(=O)Nc2[nH]ncc2C(=O)Nc2ccc(Cl)cn2)CC1. The molecule has 0 saturated carbocycles. The van der Waals surface area contributed by atoms with Crippen molar-refractivity contribution in [3.8, 4) is 0 Å². The molecule has 2 aromatic rings. The van der Waals surface area contributed by atoms with Crippen LogP contribution >= 0.6 is 11.6 Å². The summed E-state index contributed by atoms with van der Waals surface area (Å²) in [4.78, 5) is 31.4. The molecule has 1 aliphatic heterocycles. The molecule has 144 valence electrons. The van der Waals surface area contributed by atoms with Crippen LogP contribution in [-0.4, -0.2) is 51.0 Å². The lowest BCUT2D eigenvalue weighted by molar-refractivity contribution is -0.121. The molecule has 0 radical (unpaired) electrons. The third-order valence-electron chi connectivity index (χ3n) is 4.73. The van der Waals surface area contributed by atoms with Crippen LogP contribution in [0.2, 0.25) is 5.02 Å². The van der Waals surface area contributed by atoms with E-state index in [0.717, 1.165) is 25.9 Å². The fourth-order valence-corrected chi connectivity index (χ4v) is 3.20. The number of pyridine rings is 1. The number of aromatic amines is 1. The van der Waals surface area contributed by atoms with Gasteiger partial charge in [-0.25, -0.2) is 4.98 Å². The van der Waals surface area contributed by atoms with Crippen LogP contribution in [0.1, 0.15) is 37.0 Å². The summed E-state index contributed by atoms with van der Waals surface area (Å²) in [7, 11) is 0. The maximum atomic E-state index is 12.6. The number of anilines is 2. The number of nitrogens with zero attached hydrogens (tertiary/aromatic N) is 3. The second-order valence-corrected chi connectivity index (χ2v) is 7.30. The molecule has 27 heavy (non-hydrogen) atoms. The molecule has 1 aliphatic rings. The molecule has 3 heterocycles. The van der Waals surface area contributed by atoms with Crippen LogP contribution in [0.15, 0.2) is 24.5 Å². The number of carbonyl (C=O) groups excluding carboxylic acids is 2. The summed E-state index contributed by atoms with van der Waals surface area (Å²) in [5.41, 5.74) is 0.250. The van der Waals surface area contributed by atoms with Crippen molar-refractivity contribution < 1.29 is 9.59 Å². The number of nitrogens with one attached hydrogen (secondary N) is 3. The van der Waals surface area contributed by atoms with Crippen LogP contribution in [0.5, 0.6) is 0 Å². The minimum atomic E-state index is -0.413. The number of aromatic nitrogens is 3. The van der Waals surface area contributed by atoms with Crippen LogP contribution in [0.25, 0.3) is 0 Å². The van der Waals surface area contributed by atoms with E-state index in [-0.39, 0.29) is 23.2 Å². The first-order valence-electron chi connectivity index (χ1n) is 8.95. The van der Waals surface area contributed by atoms with Crippen molar-refractivity contribution in [2.24, 2.45) is 5.92 Å². The number of H-pyrrole nitrogens is 1. The summed E-state index contributed by atoms with van der Waals surface area (Å²) in [5.74, 6) is 0.0728. The van der Waals surface area contributed by atoms with E-state index in [0.29, 0.717) is 16.9 Å². The van der Waals surface area contributed by atoms with E-state index < -0.39 is 5.91 Å². The third kappa shape index (κ3) is 4.84. The number of likely N-dealkylation sites (tertiary alicyclic amines) is 1. The molecule has 0 spiro atoms. The molecular weight excluding hydrogens is 368 g/mol. The zero-order valence-corrected chi connectivity index (χ0v) is 16.1. The van der Waals surface area contributed by atoms with Crippen LogP contribution in [0, 0.1) is 5.92 Å². The number of hydrogen-bond donors (Lipinski definition) is 3. The second-order valence-electron chi connectivity index (χ2n) is 6.87. The lowest BCUT2D eigenvalue weighted by Gasteiger charge is -2.33. The van der Waals surface area contributed by atoms with Gasteiger partial charge in [0, 0.05) is 18.2 Å². The maximum absolute atomic E-state index is 12.6. The van der Waals surface area contributed by atoms with Gasteiger partial charge in [-0.3, -0.25) is 14.7 Å². The first kappa shape index (κ1) is 19.3. The van der Waals surface area contributed by atoms with E-state index in [9.17, 15) is 9.59 Å². The van der Waals surface area contributed by atoms with Crippen molar-refractivity contribution in [1.82, 2.24) is 20.1 Å². The predicted octanol–water partition coefficient (Wildman–Crippen LogP) is 2.77. The summed E-state index contributed by atoms with van der Waals surface area (Å²) in [6.45, 7) is 6.11. The van der Waals surface area contributed by atoms with Gasteiger partial charge in [0.2, 0.25) is 5.91 Å². The van der Waals surface area contributed by atoms with Gasteiger partial charge in [-0.15, -0.1) is 0 Å². The topological polar surface area (TPSA) is 103 Å². The Morgan fingerprint density at radius 1 is 1.22 bits per heavy atom. The molecule has 8 nitrogen and oxygen atoms in total. The third-order valence-corrected chi connectivity index (χ3v) is 4.96. The van der Waals surface area contributed by atoms with Crippen molar-refractivity contribution in [1.29, 1.82) is 0 Å². The van der Waals surface area contributed by atoms with Crippen molar-refractivity contribution in [3.05, 3.63) is 35.1 Å². The van der Waals surface area contributed by atoms with E-state index >= 15 is 0 Å². The number of halogens is 1. The Morgan fingerprint density at radius 2 is 1.96 bits per heavy atom. The number of carbonyl (C=O) groups is 2. The quantitative estimate of drug-likeness (QED) is 0.728. The molecule has 2 aromatic heterocycles. The highest BCUT2D eigenvalue weighted by atomic mass is 35.5. The van der Waals surface area contributed by atoms with E-state index in [2.05, 4.69) is 44.6 Å². The molecule has 3 N–H and O–H groups in total. The van der Waals surface area contributed by atoms with Crippen LogP contribution in [0.3, 0.4) is 0 Å². The van der Waals surface area contributed by atoms with Gasteiger partial charge in [-0.1, -0.05) is 11.6 Å². The van der Waals surface area contributed by atoms with Gasteiger partial charge in [-0.05, 0) is 51.9 Å². The van der Waals surface area contributed by atoms with Crippen molar-refractivity contribution in [2.75, 3.05) is 23.7 Å². The summed E-state index contributed by atoms with van der Waals surface area (Å²) in [6, 6.07) is 3.71.